The quantitative estimate of drug-likeness (QED) is 0.473. The molecule has 3 aromatic rings. The predicted octanol–water partition coefficient (Wildman–Crippen LogP) is 4.76. The lowest BCUT2D eigenvalue weighted by Crippen LogP contribution is -2.27. The van der Waals surface area contributed by atoms with Crippen LogP contribution < -0.4 is 16.0 Å². The zero-order valence-corrected chi connectivity index (χ0v) is 18.3. The van der Waals surface area contributed by atoms with Gasteiger partial charge >= 0.3 is 0 Å². The normalized spacial score (nSPS) is 11.2. The first-order valence-corrected chi connectivity index (χ1v) is 10.9. The number of carbonyl (C=O) groups excluding carboxylic acids is 1. The van der Waals surface area contributed by atoms with Crippen molar-refractivity contribution in [2.45, 2.75) is 34.2 Å². The lowest BCUT2D eigenvalue weighted by atomic mass is 10.1. The van der Waals surface area contributed by atoms with E-state index in [1.807, 2.05) is 35.7 Å². The molecule has 0 saturated carbocycles. The molecule has 0 saturated heterocycles. The predicted molar refractivity (Wildman–Crippen MR) is 122 cm³/mol. The molecule has 0 aliphatic carbocycles. The molecule has 2 heterocycles. The lowest BCUT2D eigenvalue weighted by Gasteiger charge is -2.12. The third-order valence-corrected chi connectivity index (χ3v) is 5.23. The molecule has 0 atom stereocenters. The number of carbonyl (C=O) groups is 1. The highest BCUT2D eigenvalue weighted by Gasteiger charge is 2.10. The molecule has 7 heteroatoms. The molecule has 154 valence electrons. The Labute approximate surface area is 176 Å². The fourth-order valence-electron chi connectivity index (χ4n) is 2.72. The van der Waals surface area contributed by atoms with Gasteiger partial charge in [0, 0.05) is 25.2 Å². The fourth-order valence-corrected chi connectivity index (χ4v) is 3.51. The Bertz CT molecular complexity index is 949. The Kier molecular flexibility index (Phi) is 7.04. The Morgan fingerprint density at radius 1 is 0.966 bits per heavy atom. The SMILES string of the molecule is CC(C)CNC(=O)c1ccc(CNc2nc(NCC(C)C)nc3ccsc23)cc1. The van der Waals surface area contributed by atoms with Crippen LogP contribution in [0.5, 0.6) is 0 Å². The van der Waals surface area contributed by atoms with Crippen LogP contribution in [0, 0.1) is 11.8 Å². The first-order chi connectivity index (χ1) is 13.9. The summed E-state index contributed by atoms with van der Waals surface area (Å²) in [5, 5.41) is 11.7. The fraction of sp³-hybridized carbons (Fsp3) is 0.409. The molecule has 3 N–H and O–H groups in total. The highest BCUT2D eigenvalue weighted by atomic mass is 32.1. The number of benzene rings is 1. The van der Waals surface area contributed by atoms with Crippen LogP contribution in [-0.2, 0) is 6.54 Å². The minimum absolute atomic E-state index is 0.0322. The van der Waals surface area contributed by atoms with E-state index in [-0.39, 0.29) is 5.91 Å². The van der Waals surface area contributed by atoms with Crippen LogP contribution in [-0.4, -0.2) is 29.0 Å². The largest absolute Gasteiger partial charge is 0.365 e. The monoisotopic (exact) mass is 411 g/mol. The van der Waals surface area contributed by atoms with Crippen LogP contribution in [0.4, 0.5) is 11.8 Å². The summed E-state index contributed by atoms with van der Waals surface area (Å²) in [6.45, 7) is 10.6. The minimum Gasteiger partial charge on any atom is -0.365 e. The van der Waals surface area contributed by atoms with Crippen molar-refractivity contribution in [2.24, 2.45) is 11.8 Å². The lowest BCUT2D eigenvalue weighted by molar-refractivity contribution is 0.0949. The molecule has 0 spiro atoms. The van der Waals surface area contributed by atoms with Gasteiger partial charge in [-0.3, -0.25) is 4.79 Å². The zero-order chi connectivity index (χ0) is 20.8. The Morgan fingerprint density at radius 3 is 2.38 bits per heavy atom. The number of fused-ring (bicyclic) bond motifs is 1. The number of anilines is 2. The van der Waals surface area contributed by atoms with Gasteiger partial charge in [0.2, 0.25) is 5.95 Å². The van der Waals surface area contributed by atoms with E-state index in [4.69, 9.17) is 0 Å². The van der Waals surface area contributed by atoms with Crippen LogP contribution in [0.2, 0.25) is 0 Å². The Balaban J connectivity index is 1.67. The first-order valence-electron chi connectivity index (χ1n) is 10.0. The van der Waals surface area contributed by atoms with Crippen LogP contribution in [0.3, 0.4) is 0 Å². The number of amides is 1. The Hall–Kier alpha value is -2.67. The molecule has 0 radical (unpaired) electrons. The molecule has 0 bridgehead atoms. The van der Waals surface area contributed by atoms with Crippen molar-refractivity contribution < 1.29 is 4.79 Å². The molecule has 1 amide bonds. The summed E-state index contributed by atoms with van der Waals surface area (Å²) in [7, 11) is 0. The molecule has 3 rings (SSSR count). The van der Waals surface area contributed by atoms with Gasteiger partial charge in [0.05, 0.1) is 10.2 Å². The van der Waals surface area contributed by atoms with Crippen molar-refractivity contribution in [1.82, 2.24) is 15.3 Å². The summed E-state index contributed by atoms with van der Waals surface area (Å²) in [6.07, 6.45) is 0. The van der Waals surface area contributed by atoms with Gasteiger partial charge in [-0.25, -0.2) is 4.98 Å². The van der Waals surface area contributed by atoms with Gasteiger partial charge in [0.15, 0.2) is 0 Å². The molecule has 6 nitrogen and oxygen atoms in total. The van der Waals surface area contributed by atoms with Crippen molar-refractivity contribution in [1.29, 1.82) is 0 Å². The topological polar surface area (TPSA) is 78.9 Å². The van der Waals surface area contributed by atoms with Crippen molar-refractivity contribution in [3.05, 3.63) is 46.8 Å². The third kappa shape index (κ3) is 5.90. The molecule has 2 aromatic heterocycles. The molecule has 1 aromatic carbocycles. The molecular weight excluding hydrogens is 382 g/mol. The van der Waals surface area contributed by atoms with Gasteiger partial charge in [0.25, 0.3) is 5.91 Å². The molecule has 0 fully saturated rings. The summed E-state index contributed by atoms with van der Waals surface area (Å²) in [4.78, 5) is 21.4. The number of hydrogen-bond acceptors (Lipinski definition) is 6. The highest BCUT2D eigenvalue weighted by Crippen LogP contribution is 2.27. The van der Waals surface area contributed by atoms with E-state index in [9.17, 15) is 4.79 Å². The second kappa shape index (κ2) is 9.69. The smallest absolute Gasteiger partial charge is 0.251 e. The van der Waals surface area contributed by atoms with Crippen LogP contribution in [0.25, 0.3) is 10.2 Å². The summed E-state index contributed by atoms with van der Waals surface area (Å²) in [5.74, 6) is 2.39. The van der Waals surface area contributed by atoms with Gasteiger partial charge in [-0.15, -0.1) is 11.3 Å². The summed E-state index contributed by atoms with van der Waals surface area (Å²) in [5.41, 5.74) is 2.71. The van der Waals surface area contributed by atoms with Gasteiger partial charge in [-0.1, -0.05) is 39.8 Å². The zero-order valence-electron chi connectivity index (χ0n) is 17.5. The van der Waals surface area contributed by atoms with Crippen LogP contribution in [0.1, 0.15) is 43.6 Å². The van der Waals surface area contributed by atoms with Gasteiger partial charge in [-0.05, 0) is 41.0 Å². The van der Waals surface area contributed by atoms with E-state index in [1.165, 1.54) is 0 Å². The van der Waals surface area contributed by atoms with Crippen LogP contribution >= 0.6 is 11.3 Å². The summed E-state index contributed by atoms with van der Waals surface area (Å²) >= 11 is 1.63. The average Bonchev–Trinajstić information content (AvgIpc) is 3.17. The van der Waals surface area contributed by atoms with Crippen molar-refractivity contribution in [3.8, 4) is 0 Å². The molecule has 29 heavy (non-hydrogen) atoms. The van der Waals surface area contributed by atoms with E-state index in [1.54, 1.807) is 11.3 Å². The number of nitrogens with one attached hydrogen (secondary N) is 3. The number of rotatable bonds is 9. The second-order valence-corrected chi connectivity index (χ2v) is 8.88. The average molecular weight is 412 g/mol. The Morgan fingerprint density at radius 2 is 1.69 bits per heavy atom. The maximum absolute atomic E-state index is 12.2. The number of nitrogens with zero attached hydrogens (tertiary/aromatic N) is 2. The third-order valence-electron chi connectivity index (χ3n) is 4.32. The highest BCUT2D eigenvalue weighted by molar-refractivity contribution is 7.17. The van der Waals surface area contributed by atoms with Crippen LogP contribution in [0.15, 0.2) is 35.7 Å². The summed E-state index contributed by atoms with van der Waals surface area (Å²) < 4.78 is 1.05. The maximum Gasteiger partial charge on any atom is 0.251 e. The van der Waals surface area contributed by atoms with Crippen molar-refractivity contribution in [3.63, 3.8) is 0 Å². The molecule has 0 aliphatic rings. The van der Waals surface area contributed by atoms with Crippen molar-refractivity contribution in [2.75, 3.05) is 23.7 Å². The number of hydrogen-bond donors (Lipinski definition) is 3. The van der Waals surface area contributed by atoms with E-state index in [0.717, 1.165) is 28.1 Å². The van der Waals surface area contributed by atoms with Gasteiger partial charge in [-0.2, -0.15) is 4.98 Å². The summed E-state index contributed by atoms with van der Waals surface area (Å²) in [6, 6.07) is 9.69. The van der Waals surface area contributed by atoms with Crippen molar-refractivity contribution >= 4 is 39.2 Å². The molecule has 0 aliphatic heterocycles. The number of aromatic nitrogens is 2. The van der Waals surface area contributed by atoms with E-state index in [0.29, 0.717) is 36.4 Å². The van der Waals surface area contributed by atoms with E-state index >= 15 is 0 Å². The number of thiophene rings is 1. The maximum atomic E-state index is 12.2. The standard InChI is InChI=1S/C22H29N5OS/c1-14(2)11-24-21(28)17-7-5-16(6-8-17)13-23-20-19-18(9-10-29-19)26-22(27-20)25-12-15(3)4/h5-10,14-15H,11-13H2,1-4H3,(H,24,28)(H2,23,25,26,27). The van der Waals surface area contributed by atoms with Gasteiger partial charge in [0.1, 0.15) is 5.82 Å². The van der Waals surface area contributed by atoms with E-state index in [2.05, 4.69) is 53.6 Å². The van der Waals surface area contributed by atoms with Gasteiger partial charge < -0.3 is 16.0 Å². The molecule has 0 unspecified atom stereocenters. The minimum atomic E-state index is -0.0322. The molecular formula is C22H29N5OS. The first kappa shape index (κ1) is 21.0. The van der Waals surface area contributed by atoms with E-state index < -0.39 is 0 Å². The second-order valence-electron chi connectivity index (χ2n) is 7.96.